The molecule has 2 atom stereocenters. The number of aryl methyl sites for hydroxylation is 2. The van der Waals surface area contributed by atoms with Crippen molar-refractivity contribution in [1.82, 2.24) is 15.1 Å². The topological polar surface area (TPSA) is 29.9 Å². The van der Waals surface area contributed by atoms with Gasteiger partial charge < -0.3 is 5.32 Å². The Hall–Kier alpha value is -0.830. The van der Waals surface area contributed by atoms with Crippen molar-refractivity contribution >= 4 is 0 Å². The number of nitrogens with zero attached hydrogens (tertiary/aromatic N) is 2. The number of hydrogen-bond donors (Lipinski definition) is 1. The molecule has 0 aliphatic heterocycles. The smallest absolute Gasteiger partial charge is 0.0492 e. The first-order chi connectivity index (χ1) is 8.96. The summed E-state index contributed by atoms with van der Waals surface area (Å²) in [5.41, 5.74) is 1.62. The average molecular weight is 263 g/mol. The van der Waals surface area contributed by atoms with Gasteiger partial charge in [0.1, 0.15) is 0 Å². The van der Waals surface area contributed by atoms with Gasteiger partial charge in [-0.05, 0) is 64.5 Å². The zero-order valence-corrected chi connectivity index (χ0v) is 12.9. The summed E-state index contributed by atoms with van der Waals surface area (Å²) >= 11 is 0. The first-order valence-corrected chi connectivity index (χ1v) is 7.67. The molecular weight excluding hydrogens is 234 g/mol. The highest BCUT2D eigenvalue weighted by Crippen LogP contribution is 2.34. The van der Waals surface area contributed by atoms with Crippen LogP contribution in [-0.4, -0.2) is 21.9 Å². The van der Waals surface area contributed by atoms with Crippen molar-refractivity contribution in [3.63, 3.8) is 0 Å². The molecule has 0 spiro atoms. The van der Waals surface area contributed by atoms with Crippen molar-refractivity contribution in [2.75, 3.05) is 6.54 Å². The van der Waals surface area contributed by atoms with Gasteiger partial charge in [-0.3, -0.25) is 4.68 Å². The van der Waals surface area contributed by atoms with Gasteiger partial charge in [-0.15, -0.1) is 0 Å². The summed E-state index contributed by atoms with van der Waals surface area (Å²) < 4.78 is 2.01. The molecule has 1 aliphatic carbocycles. The third-order valence-electron chi connectivity index (χ3n) is 4.40. The van der Waals surface area contributed by atoms with E-state index in [1.807, 2.05) is 17.9 Å². The van der Waals surface area contributed by atoms with Crippen molar-refractivity contribution in [1.29, 1.82) is 0 Å². The van der Waals surface area contributed by atoms with Crippen LogP contribution in [0.1, 0.15) is 52.1 Å². The minimum absolute atomic E-state index is 0.245. The van der Waals surface area contributed by atoms with E-state index in [1.54, 1.807) is 0 Å². The van der Waals surface area contributed by atoms with Gasteiger partial charge in [-0.25, -0.2) is 0 Å². The Morgan fingerprint density at radius 3 is 2.68 bits per heavy atom. The summed E-state index contributed by atoms with van der Waals surface area (Å²) in [6.45, 7) is 7.95. The lowest BCUT2D eigenvalue weighted by Gasteiger charge is -2.26. The molecule has 1 aromatic heterocycles. The van der Waals surface area contributed by atoms with Crippen molar-refractivity contribution in [3.8, 4) is 0 Å². The first-order valence-electron chi connectivity index (χ1n) is 7.67. The molecule has 1 aromatic rings. The quantitative estimate of drug-likeness (QED) is 0.884. The Balaban J connectivity index is 1.80. The van der Waals surface area contributed by atoms with E-state index < -0.39 is 0 Å². The maximum Gasteiger partial charge on any atom is 0.0492 e. The molecular formula is C16H29N3. The summed E-state index contributed by atoms with van der Waals surface area (Å²) in [6.07, 6.45) is 8.62. The van der Waals surface area contributed by atoms with Crippen LogP contribution in [0.4, 0.5) is 0 Å². The van der Waals surface area contributed by atoms with E-state index in [1.165, 1.54) is 44.3 Å². The molecule has 1 heterocycles. The van der Waals surface area contributed by atoms with Crippen LogP contribution in [0.5, 0.6) is 0 Å². The second kappa shape index (κ2) is 6.08. The minimum Gasteiger partial charge on any atom is -0.312 e. The molecule has 0 saturated heterocycles. The second-order valence-corrected chi connectivity index (χ2v) is 7.07. The number of aromatic nitrogens is 2. The molecule has 1 N–H and O–H groups in total. The third kappa shape index (κ3) is 4.34. The van der Waals surface area contributed by atoms with Crippen LogP contribution in [0.2, 0.25) is 0 Å². The lowest BCUT2D eigenvalue weighted by molar-refractivity contribution is 0.306. The van der Waals surface area contributed by atoms with Crippen molar-refractivity contribution in [2.45, 2.75) is 58.4 Å². The number of nitrogens with one attached hydrogen (secondary N) is 1. The highest BCUT2D eigenvalue weighted by molar-refractivity contribution is 5.00. The molecule has 19 heavy (non-hydrogen) atoms. The fourth-order valence-corrected chi connectivity index (χ4v) is 3.18. The summed E-state index contributed by atoms with van der Waals surface area (Å²) in [5, 5.41) is 7.93. The van der Waals surface area contributed by atoms with E-state index in [-0.39, 0.29) is 5.54 Å². The maximum absolute atomic E-state index is 4.25. The Kier molecular flexibility index (Phi) is 4.67. The predicted octanol–water partition coefficient (Wildman–Crippen LogP) is 3.16. The molecule has 0 aromatic carbocycles. The summed E-state index contributed by atoms with van der Waals surface area (Å²) in [6, 6.07) is 2.15. The molecule has 3 nitrogen and oxygen atoms in total. The summed E-state index contributed by atoms with van der Waals surface area (Å²) in [4.78, 5) is 0. The molecule has 0 amide bonds. The van der Waals surface area contributed by atoms with Crippen LogP contribution in [0, 0.1) is 11.8 Å². The Labute approximate surface area is 117 Å². The van der Waals surface area contributed by atoms with Crippen LogP contribution >= 0.6 is 0 Å². The lowest BCUT2D eigenvalue weighted by atomic mass is 9.90. The second-order valence-electron chi connectivity index (χ2n) is 7.07. The average Bonchev–Trinajstić information content (AvgIpc) is 2.91. The minimum atomic E-state index is 0.245. The Morgan fingerprint density at radius 2 is 2.05 bits per heavy atom. The molecule has 3 heteroatoms. The van der Waals surface area contributed by atoms with Gasteiger partial charge in [0.05, 0.1) is 0 Å². The number of rotatable bonds is 5. The van der Waals surface area contributed by atoms with E-state index in [9.17, 15) is 0 Å². The van der Waals surface area contributed by atoms with Crippen LogP contribution in [-0.2, 0) is 13.5 Å². The van der Waals surface area contributed by atoms with Crippen LogP contribution in [0.25, 0.3) is 0 Å². The fourth-order valence-electron chi connectivity index (χ4n) is 3.18. The van der Waals surface area contributed by atoms with E-state index in [0.717, 1.165) is 11.8 Å². The van der Waals surface area contributed by atoms with Gasteiger partial charge in [0.15, 0.2) is 0 Å². The van der Waals surface area contributed by atoms with Gasteiger partial charge in [0.2, 0.25) is 0 Å². The predicted molar refractivity (Wildman–Crippen MR) is 80.1 cm³/mol. The van der Waals surface area contributed by atoms with Gasteiger partial charge >= 0.3 is 0 Å². The molecule has 2 unspecified atom stereocenters. The molecule has 1 saturated carbocycles. The molecule has 1 aliphatic rings. The van der Waals surface area contributed by atoms with Crippen molar-refractivity contribution < 1.29 is 0 Å². The Morgan fingerprint density at radius 1 is 1.32 bits per heavy atom. The molecule has 0 bridgehead atoms. The lowest BCUT2D eigenvalue weighted by Crippen LogP contribution is -2.39. The maximum atomic E-state index is 4.25. The fraction of sp³-hybridized carbons (Fsp3) is 0.812. The SMILES string of the molecule is Cn1nccc1CCC1CCCC1CNC(C)(C)C. The van der Waals surface area contributed by atoms with E-state index in [2.05, 4.69) is 37.3 Å². The molecule has 0 radical (unpaired) electrons. The van der Waals surface area contributed by atoms with E-state index in [0.29, 0.717) is 0 Å². The third-order valence-corrected chi connectivity index (χ3v) is 4.40. The van der Waals surface area contributed by atoms with Gasteiger partial charge in [0, 0.05) is 24.5 Å². The summed E-state index contributed by atoms with van der Waals surface area (Å²) in [5.74, 6) is 1.76. The highest BCUT2D eigenvalue weighted by Gasteiger charge is 2.27. The normalized spacial score (nSPS) is 24.0. The van der Waals surface area contributed by atoms with Gasteiger partial charge in [-0.1, -0.05) is 12.8 Å². The standard InChI is InChI=1S/C16H29N3/c1-16(2,3)17-12-14-7-5-6-13(14)8-9-15-10-11-18-19(15)4/h10-11,13-14,17H,5-9,12H2,1-4H3. The number of hydrogen-bond acceptors (Lipinski definition) is 2. The van der Waals surface area contributed by atoms with Gasteiger partial charge in [0.25, 0.3) is 0 Å². The zero-order chi connectivity index (χ0) is 13.9. The molecule has 1 fully saturated rings. The van der Waals surface area contributed by atoms with Crippen LogP contribution in [0.15, 0.2) is 12.3 Å². The summed E-state index contributed by atoms with van der Waals surface area (Å²) in [7, 11) is 2.04. The zero-order valence-electron chi connectivity index (χ0n) is 12.9. The van der Waals surface area contributed by atoms with Crippen molar-refractivity contribution in [3.05, 3.63) is 18.0 Å². The van der Waals surface area contributed by atoms with Crippen molar-refractivity contribution in [2.24, 2.45) is 18.9 Å². The Bertz CT molecular complexity index is 389. The van der Waals surface area contributed by atoms with Crippen LogP contribution in [0.3, 0.4) is 0 Å². The molecule has 108 valence electrons. The van der Waals surface area contributed by atoms with Crippen LogP contribution < -0.4 is 5.32 Å². The monoisotopic (exact) mass is 263 g/mol. The van der Waals surface area contributed by atoms with E-state index in [4.69, 9.17) is 0 Å². The largest absolute Gasteiger partial charge is 0.312 e. The first kappa shape index (κ1) is 14.6. The molecule has 2 rings (SSSR count). The van der Waals surface area contributed by atoms with Gasteiger partial charge in [-0.2, -0.15) is 5.10 Å². The highest BCUT2D eigenvalue weighted by atomic mass is 15.2. The van der Waals surface area contributed by atoms with E-state index >= 15 is 0 Å².